The highest BCUT2D eigenvalue weighted by atomic mass is 16.6. The molecule has 0 bridgehead atoms. The van der Waals surface area contributed by atoms with Crippen LogP contribution in [0.4, 0.5) is 0 Å². The van der Waals surface area contributed by atoms with Crippen LogP contribution in [0.25, 0.3) is 0 Å². The number of ether oxygens (including phenoxy) is 2. The minimum absolute atomic E-state index is 0.00284. The fourth-order valence-corrected chi connectivity index (χ4v) is 5.67. The first kappa shape index (κ1) is 21.8. The molecule has 2 N–H and O–H groups in total. The van der Waals surface area contributed by atoms with E-state index in [0.717, 1.165) is 6.42 Å². The molecule has 1 aliphatic heterocycles. The average molecular weight is 408 g/mol. The fraction of sp³-hybridized carbons (Fsp3) is 0.773. The Morgan fingerprint density at radius 1 is 1.31 bits per heavy atom. The third-order valence-electron chi connectivity index (χ3n) is 7.45. The molecule has 1 amide bonds. The number of amides is 1. The number of fused-ring (bicyclic) bond motifs is 3. The number of carbonyl (C=O) groups is 3. The number of allylic oxidation sites excluding steroid dienone is 1. The summed E-state index contributed by atoms with van der Waals surface area (Å²) in [5.74, 6) is -1.45. The van der Waals surface area contributed by atoms with E-state index >= 15 is 0 Å². The Morgan fingerprint density at radius 2 is 1.97 bits per heavy atom. The maximum absolute atomic E-state index is 13.0. The highest BCUT2D eigenvalue weighted by Gasteiger charge is 2.69. The maximum Gasteiger partial charge on any atom is 0.336 e. The Balaban J connectivity index is 1.97. The zero-order valence-corrected chi connectivity index (χ0v) is 18.2. The molecule has 3 aliphatic rings. The number of nitrogens with one attached hydrogen (secondary N) is 1. The summed E-state index contributed by atoms with van der Waals surface area (Å²) in [5, 5.41) is 14.3. The molecular weight excluding hydrogens is 374 g/mol. The van der Waals surface area contributed by atoms with E-state index in [1.807, 2.05) is 20.8 Å². The highest BCUT2D eigenvalue weighted by molar-refractivity contribution is 5.94. The number of rotatable bonds is 4. The molecule has 0 aromatic rings. The van der Waals surface area contributed by atoms with Crippen molar-refractivity contribution in [2.24, 2.45) is 22.7 Å². The van der Waals surface area contributed by atoms with Gasteiger partial charge in [-0.05, 0) is 36.5 Å². The topological polar surface area (TPSA) is 102 Å². The third-order valence-corrected chi connectivity index (χ3v) is 7.45. The average Bonchev–Trinajstić information content (AvgIpc) is 2.91. The van der Waals surface area contributed by atoms with Gasteiger partial charge in [-0.25, -0.2) is 9.59 Å². The molecule has 162 valence electrons. The van der Waals surface area contributed by atoms with Crippen LogP contribution in [0.3, 0.4) is 0 Å². The predicted octanol–water partition coefficient (Wildman–Crippen LogP) is 2.12. The first-order chi connectivity index (χ1) is 13.3. The molecule has 29 heavy (non-hydrogen) atoms. The summed E-state index contributed by atoms with van der Waals surface area (Å²) in [4.78, 5) is 36.8. The second-order valence-electron chi connectivity index (χ2n) is 10.0. The minimum Gasteiger partial charge on any atom is -0.460 e. The maximum atomic E-state index is 13.0. The Kier molecular flexibility index (Phi) is 5.35. The van der Waals surface area contributed by atoms with Gasteiger partial charge in [-0.2, -0.15) is 0 Å². The monoisotopic (exact) mass is 407 g/mol. The van der Waals surface area contributed by atoms with E-state index < -0.39 is 35.1 Å². The molecule has 0 unspecified atom stereocenters. The molecule has 7 heteroatoms. The summed E-state index contributed by atoms with van der Waals surface area (Å²) in [6.07, 6.45) is 3.21. The molecule has 1 saturated carbocycles. The van der Waals surface area contributed by atoms with Crippen molar-refractivity contribution in [2.75, 3.05) is 6.61 Å². The van der Waals surface area contributed by atoms with Gasteiger partial charge in [-0.15, -0.1) is 0 Å². The van der Waals surface area contributed by atoms with Gasteiger partial charge in [0.15, 0.2) is 0 Å². The largest absolute Gasteiger partial charge is 0.460 e. The SMILES string of the molecule is CC(=O)N[C@@H](C(=O)O[C@H]1CCC(C)(C)[C@H]2CC=C3C(=O)OC[C@@]3(O)[C@]12C)C(C)C. The van der Waals surface area contributed by atoms with E-state index in [9.17, 15) is 19.5 Å². The molecule has 2 aliphatic carbocycles. The number of hydrogen-bond acceptors (Lipinski definition) is 6. The zero-order chi connectivity index (χ0) is 21.8. The van der Waals surface area contributed by atoms with Crippen molar-refractivity contribution >= 4 is 17.8 Å². The van der Waals surface area contributed by atoms with Gasteiger partial charge >= 0.3 is 11.9 Å². The number of esters is 2. The highest BCUT2D eigenvalue weighted by Crippen LogP contribution is 2.63. The number of hydrogen-bond donors (Lipinski definition) is 2. The summed E-state index contributed by atoms with van der Waals surface area (Å²) < 4.78 is 11.2. The lowest BCUT2D eigenvalue weighted by Crippen LogP contribution is -2.66. The molecule has 2 fully saturated rings. The van der Waals surface area contributed by atoms with Crippen molar-refractivity contribution < 1.29 is 29.0 Å². The Morgan fingerprint density at radius 3 is 2.55 bits per heavy atom. The molecule has 0 aromatic heterocycles. The van der Waals surface area contributed by atoms with Crippen LogP contribution in [0, 0.1) is 22.7 Å². The number of carbonyl (C=O) groups excluding carboxylic acids is 3. The van der Waals surface area contributed by atoms with Gasteiger partial charge in [0.05, 0.1) is 5.57 Å². The molecule has 0 aromatic carbocycles. The van der Waals surface area contributed by atoms with Crippen molar-refractivity contribution in [3.05, 3.63) is 11.6 Å². The summed E-state index contributed by atoms with van der Waals surface area (Å²) in [6, 6.07) is -0.765. The normalized spacial score (nSPS) is 36.4. The van der Waals surface area contributed by atoms with Crippen LogP contribution in [0.5, 0.6) is 0 Å². The summed E-state index contributed by atoms with van der Waals surface area (Å²) >= 11 is 0. The quantitative estimate of drug-likeness (QED) is 0.692. The molecule has 3 rings (SSSR count). The van der Waals surface area contributed by atoms with Crippen LogP contribution in [-0.2, 0) is 23.9 Å². The summed E-state index contributed by atoms with van der Waals surface area (Å²) in [7, 11) is 0. The van der Waals surface area contributed by atoms with Crippen LogP contribution in [0.15, 0.2) is 11.6 Å². The van der Waals surface area contributed by atoms with Crippen LogP contribution in [0.2, 0.25) is 0 Å². The van der Waals surface area contributed by atoms with Crippen molar-refractivity contribution in [3.8, 4) is 0 Å². The van der Waals surface area contributed by atoms with Crippen LogP contribution in [0.1, 0.15) is 60.8 Å². The second kappa shape index (κ2) is 7.11. The smallest absolute Gasteiger partial charge is 0.336 e. The van der Waals surface area contributed by atoms with Crippen LogP contribution < -0.4 is 5.32 Å². The van der Waals surface area contributed by atoms with E-state index in [-0.39, 0.29) is 35.3 Å². The third kappa shape index (κ3) is 3.27. The van der Waals surface area contributed by atoms with Crippen LogP contribution in [-0.4, -0.2) is 47.3 Å². The van der Waals surface area contributed by atoms with Crippen molar-refractivity contribution in [1.82, 2.24) is 5.32 Å². The molecular formula is C22H33NO6. The zero-order valence-electron chi connectivity index (χ0n) is 18.2. The Hall–Kier alpha value is -1.89. The van der Waals surface area contributed by atoms with Crippen molar-refractivity contribution in [2.45, 2.75) is 78.6 Å². The molecule has 0 spiro atoms. The number of aliphatic hydroxyl groups is 1. The van der Waals surface area contributed by atoms with Gasteiger partial charge in [-0.3, -0.25) is 4.79 Å². The van der Waals surface area contributed by atoms with E-state index in [0.29, 0.717) is 12.8 Å². The standard InChI is InChI=1S/C22H33NO6/c1-12(2)17(23-13(3)24)19(26)29-16-9-10-20(4,5)15-8-7-14-18(25)28-11-22(14,27)21(15,16)6/h7,12,15-17,27H,8-11H2,1-6H3,(H,23,24)/t15-,16+,17-,21+,22+/m1/s1. The van der Waals surface area contributed by atoms with Gasteiger partial charge in [0.1, 0.15) is 24.4 Å². The molecule has 7 nitrogen and oxygen atoms in total. The Bertz CT molecular complexity index is 756. The van der Waals surface area contributed by atoms with E-state index in [4.69, 9.17) is 9.47 Å². The van der Waals surface area contributed by atoms with Gasteiger partial charge in [0, 0.05) is 12.3 Å². The second-order valence-corrected chi connectivity index (χ2v) is 10.0. The first-order valence-corrected chi connectivity index (χ1v) is 10.4. The van der Waals surface area contributed by atoms with Crippen molar-refractivity contribution in [3.63, 3.8) is 0 Å². The lowest BCUT2D eigenvalue weighted by atomic mass is 9.46. The molecule has 0 radical (unpaired) electrons. The lowest BCUT2D eigenvalue weighted by molar-refractivity contribution is -0.217. The predicted molar refractivity (Wildman–Crippen MR) is 106 cm³/mol. The fourth-order valence-electron chi connectivity index (χ4n) is 5.67. The first-order valence-electron chi connectivity index (χ1n) is 10.4. The van der Waals surface area contributed by atoms with E-state index in [1.54, 1.807) is 6.08 Å². The summed E-state index contributed by atoms with van der Waals surface area (Å²) in [5.41, 5.74) is -2.21. The number of cyclic esters (lactones) is 1. The molecule has 1 saturated heterocycles. The Labute approximate surface area is 172 Å². The van der Waals surface area contributed by atoms with Gasteiger partial charge in [0.2, 0.25) is 5.91 Å². The van der Waals surface area contributed by atoms with E-state index in [2.05, 4.69) is 19.2 Å². The van der Waals surface area contributed by atoms with Gasteiger partial charge in [-0.1, -0.05) is 40.7 Å². The lowest BCUT2D eigenvalue weighted by Gasteiger charge is -2.60. The van der Waals surface area contributed by atoms with Gasteiger partial charge in [0.25, 0.3) is 0 Å². The molecule has 5 atom stereocenters. The van der Waals surface area contributed by atoms with E-state index in [1.165, 1.54) is 6.92 Å². The summed E-state index contributed by atoms with van der Waals surface area (Å²) in [6.45, 7) is 11.1. The van der Waals surface area contributed by atoms with Crippen molar-refractivity contribution in [1.29, 1.82) is 0 Å². The van der Waals surface area contributed by atoms with Crippen LogP contribution >= 0.6 is 0 Å². The molecule has 1 heterocycles. The minimum atomic E-state index is -1.50. The van der Waals surface area contributed by atoms with Gasteiger partial charge < -0.3 is 19.9 Å².